The van der Waals surface area contributed by atoms with Gasteiger partial charge in [-0.15, -0.1) is 11.6 Å². The molecule has 0 bridgehead atoms. The Bertz CT molecular complexity index is 348. The van der Waals surface area contributed by atoms with E-state index in [9.17, 15) is 0 Å². The smallest absolute Gasteiger partial charge is 0.161 e. The van der Waals surface area contributed by atoms with Crippen LogP contribution in [-0.2, 0) is 0 Å². The number of halogens is 1. The Morgan fingerprint density at radius 2 is 2.12 bits per heavy atom. The van der Waals surface area contributed by atoms with Gasteiger partial charge in [-0.25, -0.2) is 0 Å². The second-order valence-electron chi connectivity index (χ2n) is 3.32. The predicted molar refractivity (Wildman–Crippen MR) is 68.5 cm³/mol. The predicted octanol–water partition coefficient (Wildman–Crippen LogP) is 3.74. The zero-order valence-electron chi connectivity index (χ0n) is 9.70. The fourth-order valence-corrected chi connectivity index (χ4v) is 1.39. The lowest BCUT2D eigenvalue weighted by molar-refractivity contribution is 0.294. The number of alkyl halides is 1. The summed E-state index contributed by atoms with van der Waals surface area (Å²) < 4.78 is 10.8. The highest BCUT2D eigenvalue weighted by atomic mass is 35.5. The van der Waals surface area contributed by atoms with Crippen molar-refractivity contribution in [2.24, 2.45) is 0 Å². The molecule has 0 N–H and O–H groups in total. The van der Waals surface area contributed by atoms with Crippen LogP contribution < -0.4 is 9.47 Å². The first-order valence-electron chi connectivity index (χ1n) is 5.35. The summed E-state index contributed by atoms with van der Waals surface area (Å²) in [7, 11) is 1.64. The van der Waals surface area contributed by atoms with Gasteiger partial charge in [0.1, 0.15) is 0 Å². The van der Waals surface area contributed by atoms with Crippen molar-refractivity contribution >= 4 is 17.7 Å². The number of methoxy groups -OCH3 is 1. The summed E-state index contributed by atoms with van der Waals surface area (Å²) in [5.74, 6) is 2.05. The first-order chi connectivity index (χ1) is 7.81. The van der Waals surface area contributed by atoms with Gasteiger partial charge in [-0.3, -0.25) is 0 Å². The topological polar surface area (TPSA) is 18.5 Å². The van der Waals surface area contributed by atoms with E-state index in [0.717, 1.165) is 23.5 Å². The molecule has 0 aliphatic rings. The summed E-state index contributed by atoms with van der Waals surface area (Å²) >= 11 is 5.59. The van der Waals surface area contributed by atoms with Crippen LogP contribution in [-0.4, -0.2) is 19.6 Å². The molecule has 0 unspecified atom stereocenters. The van der Waals surface area contributed by atoms with Gasteiger partial charge in [0, 0.05) is 5.88 Å². The first-order valence-corrected chi connectivity index (χ1v) is 5.88. The molecule has 1 rings (SSSR count). The van der Waals surface area contributed by atoms with E-state index >= 15 is 0 Å². The number of hydrogen-bond acceptors (Lipinski definition) is 2. The maximum absolute atomic E-state index is 5.61. The lowest BCUT2D eigenvalue weighted by Crippen LogP contribution is -1.97. The van der Waals surface area contributed by atoms with Crippen molar-refractivity contribution in [3.05, 3.63) is 29.8 Å². The van der Waals surface area contributed by atoms with Gasteiger partial charge < -0.3 is 9.47 Å². The van der Waals surface area contributed by atoms with E-state index in [1.54, 1.807) is 7.11 Å². The van der Waals surface area contributed by atoms with Crippen molar-refractivity contribution in [1.29, 1.82) is 0 Å². The minimum Gasteiger partial charge on any atom is -0.493 e. The van der Waals surface area contributed by atoms with E-state index in [-0.39, 0.29) is 0 Å². The van der Waals surface area contributed by atoms with E-state index < -0.39 is 0 Å². The Kier molecular flexibility index (Phi) is 5.79. The summed E-state index contributed by atoms with van der Waals surface area (Å²) in [6.07, 6.45) is 4.84. The number of hydrogen-bond donors (Lipinski definition) is 0. The van der Waals surface area contributed by atoms with Crippen molar-refractivity contribution in [2.75, 3.05) is 19.6 Å². The molecule has 0 fully saturated rings. The number of allylic oxidation sites excluding steroid dienone is 1. The Morgan fingerprint density at radius 1 is 1.31 bits per heavy atom. The molecule has 1 aromatic carbocycles. The van der Waals surface area contributed by atoms with Gasteiger partial charge in [-0.05, 0) is 24.1 Å². The molecule has 0 spiro atoms. The molecule has 0 atom stereocenters. The molecule has 2 nitrogen and oxygen atoms in total. The molecule has 0 radical (unpaired) electrons. The van der Waals surface area contributed by atoms with Gasteiger partial charge in [0.05, 0.1) is 13.7 Å². The van der Waals surface area contributed by atoms with Crippen molar-refractivity contribution in [1.82, 2.24) is 0 Å². The Labute approximate surface area is 102 Å². The van der Waals surface area contributed by atoms with Crippen molar-refractivity contribution in [3.8, 4) is 11.5 Å². The van der Waals surface area contributed by atoms with Crippen molar-refractivity contribution in [3.63, 3.8) is 0 Å². The average molecular weight is 241 g/mol. The van der Waals surface area contributed by atoms with E-state index in [1.807, 2.05) is 30.4 Å². The fourth-order valence-electron chi connectivity index (χ4n) is 1.30. The normalized spacial score (nSPS) is 10.7. The summed E-state index contributed by atoms with van der Waals surface area (Å²) in [5.41, 5.74) is 1.06. The molecule has 0 heterocycles. The largest absolute Gasteiger partial charge is 0.493 e. The first kappa shape index (κ1) is 12.9. The van der Waals surface area contributed by atoms with E-state index in [0.29, 0.717) is 12.5 Å². The van der Waals surface area contributed by atoms with Crippen molar-refractivity contribution < 1.29 is 9.47 Å². The number of benzene rings is 1. The van der Waals surface area contributed by atoms with Gasteiger partial charge in [0.15, 0.2) is 11.5 Å². The van der Waals surface area contributed by atoms with Gasteiger partial charge >= 0.3 is 0 Å². The zero-order chi connectivity index (χ0) is 11.8. The summed E-state index contributed by atoms with van der Waals surface area (Å²) in [4.78, 5) is 0. The van der Waals surface area contributed by atoms with Gasteiger partial charge in [0.25, 0.3) is 0 Å². The van der Waals surface area contributed by atoms with Crippen molar-refractivity contribution in [2.45, 2.75) is 13.3 Å². The SMILES string of the molecule is CCCOc1cc(C=CCCl)ccc1OC. The van der Waals surface area contributed by atoms with Gasteiger partial charge in [0.2, 0.25) is 0 Å². The van der Waals surface area contributed by atoms with Crippen LogP contribution in [0.15, 0.2) is 24.3 Å². The van der Waals surface area contributed by atoms with E-state index in [1.165, 1.54) is 0 Å². The highest BCUT2D eigenvalue weighted by molar-refractivity contribution is 6.19. The standard InChI is InChI=1S/C13H17ClO2/c1-3-9-16-13-10-11(5-4-8-14)6-7-12(13)15-2/h4-7,10H,3,8-9H2,1-2H3. The molecule has 0 aliphatic carbocycles. The van der Waals surface area contributed by atoms with E-state index in [2.05, 4.69) is 6.92 Å². The monoisotopic (exact) mass is 240 g/mol. The van der Waals surface area contributed by atoms with Crippen LogP contribution in [0.1, 0.15) is 18.9 Å². The Morgan fingerprint density at radius 3 is 2.75 bits per heavy atom. The highest BCUT2D eigenvalue weighted by Gasteiger charge is 2.03. The average Bonchev–Trinajstić information content (AvgIpc) is 2.33. The van der Waals surface area contributed by atoms with Crippen LogP contribution in [0.2, 0.25) is 0 Å². The summed E-state index contributed by atoms with van der Waals surface area (Å²) in [6.45, 7) is 2.77. The summed E-state index contributed by atoms with van der Waals surface area (Å²) in [6, 6.07) is 5.83. The van der Waals surface area contributed by atoms with Crippen LogP contribution >= 0.6 is 11.6 Å². The highest BCUT2D eigenvalue weighted by Crippen LogP contribution is 2.28. The van der Waals surface area contributed by atoms with Gasteiger partial charge in [-0.2, -0.15) is 0 Å². The fraction of sp³-hybridized carbons (Fsp3) is 0.385. The summed E-state index contributed by atoms with van der Waals surface area (Å²) in [5, 5.41) is 0. The third-order valence-corrected chi connectivity index (χ3v) is 2.23. The molecule has 88 valence electrons. The van der Waals surface area contributed by atoms with Crippen LogP contribution in [0.3, 0.4) is 0 Å². The molecule has 1 aromatic rings. The van der Waals surface area contributed by atoms with Gasteiger partial charge in [-0.1, -0.05) is 25.1 Å². The molecule has 0 saturated carbocycles. The Hall–Kier alpha value is -1.15. The van der Waals surface area contributed by atoms with Crippen LogP contribution in [0.4, 0.5) is 0 Å². The number of rotatable bonds is 6. The number of ether oxygens (including phenoxy) is 2. The lowest BCUT2D eigenvalue weighted by atomic mass is 10.2. The third-order valence-electron chi connectivity index (χ3n) is 2.05. The molecular formula is C13H17ClO2. The van der Waals surface area contributed by atoms with E-state index in [4.69, 9.17) is 21.1 Å². The quantitative estimate of drug-likeness (QED) is 0.706. The minimum absolute atomic E-state index is 0.511. The molecule has 0 aliphatic heterocycles. The zero-order valence-corrected chi connectivity index (χ0v) is 10.5. The molecule has 3 heteroatoms. The maximum atomic E-state index is 5.61. The molecule has 0 amide bonds. The Balaban J connectivity index is 2.87. The van der Waals surface area contributed by atoms with Crippen LogP contribution in [0, 0.1) is 0 Å². The molecule has 16 heavy (non-hydrogen) atoms. The maximum Gasteiger partial charge on any atom is 0.161 e. The second-order valence-corrected chi connectivity index (χ2v) is 3.62. The lowest BCUT2D eigenvalue weighted by Gasteiger charge is -2.10. The molecule has 0 aromatic heterocycles. The molecular weight excluding hydrogens is 224 g/mol. The van der Waals surface area contributed by atoms with Crippen LogP contribution in [0.25, 0.3) is 6.08 Å². The molecule has 0 saturated heterocycles. The minimum atomic E-state index is 0.511. The second kappa shape index (κ2) is 7.18. The van der Waals surface area contributed by atoms with Crippen LogP contribution in [0.5, 0.6) is 11.5 Å². The third kappa shape index (κ3) is 3.78.